The van der Waals surface area contributed by atoms with Gasteiger partial charge < -0.3 is 10.1 Å². The lowest BCUT2D eigenvalue weighted by Crippen LogP contribution is -2.27. The Morgan fingerprint density at radius 3 is 2.43 bits per heavy atom. The van der Waals surface area contributed by atoms with Crippen molar-refractivity contribution in [2.45, 2.75) is 52.2 Å². The number of hydrogen-bond donors (Lipinski definition) is 2. The minimum absolute atomic E-state index is 0.334. The maximum Gasteiger partial charge on any atom is 0.412 e. The maximum absolute atomic E-state index is 11.7. The quantitative estimate of drug-likeness (QED) is 0.858. The lowest BCUT2D eigenvalue weighted by molar-refractivity contribution is 0.0636. The molecular formula is C17H26N2O2. The molecule has 4 nitrogen and oxygen atoms in total. The smallest absolute Gasteiger partial charge is 0.412 e. The highest BCUT2D eigenvalue weighted by molar-refractivity contribution is 5.84. The second-order valence-corrected chi connectivity index (χ2v) is 6.82. The van der Waals surface area contributed by atoms with E-state index >= 15 is 0 Å². The summed E-state index contributed by atoms with van der Waals surface area (Å²) in [6.45, 7) is 8.81. The summed E-state index contributed by atoms with van der Waals surface area (Å²) in [5.74, 6) is 0.876. The highest BCUT2D eigenvalue weighted by Crippen LogP contribution is 2.28. The molecule has 0 radical (unpaired) electrons. The zero-order valence-electron chi connectivity index (χ0n) is 13.4. The second kappa shape index (κ2) is 6.48. The van der Waals surface area contributed by atoms with Crippen molar-refractivity contribution in [1.29, 1.82) is 0 Å². The molecule has 1 fully saturated rings. The molecule has 0 bridgehead atoms. The first kappa shape index (κ1) is 15.8. The monoisotopic (exact) mass is 290 g/mol. The van der Waals surface area contributed by atoms with Crippen LogP contribution in [0.4, 0.5) is 10.5 Å². The van der Waals surface area contributed by atoms with Crippen LogP contribution in [-0.2, 0) is 4.74 Å². The minimum atomic E-state index is -0.481. The van der Waals surface area contributed by atoms with E-state index in [0.29, 0.717) is 6.04 Å². The van der Waals surface area contributed by atoms with Gasteiger partial charge in [-0.1, -0.05) is 12.1 Å². The average molecular weight is 290 g/mol. The van der Waals surface area contributed by atoms with E-state index in [2.05, 4.69) is 17.6 Å². The molecule has 0 aromatic heterocycles. The van der Waals surface area contributed by atoms with Crippen molar-refractivity contribution in [3.63, 3.8) is 0 Å². The first-order valence-electron chi connectivity index (χ1n) is 7.67. The molecule has 0 saturated heterocycles. The Hall–Kier alpha value is -1.55. The van der Waals surface area contributed by atoms with Crippen molar-refractivity contribution in [2.75, 3.05) is 11.9 Å². The van der Waals surface area contributed by atoms with Gasteiger partial charge in [0.05, 0.1) is 0 Å². The lowest BCUT2D eigenvalue weighted by Gasteiger charge is -2.20. The van der Waals surface area contributed by atoms with Crippen molar-refractivity contribution in [2.24, 2.45) is 5.92 Å². The minimum Gasteiger partial charge on any atom is -0.444 e. The summed E-state index contributed by atoms with van der Waals surface area (Å²) in [5, 5.41) is 6.28. The molecule has 1 unspecified atom stereocenters. The second-order valence-electron chi connectivity index (χ2n) is 6.82. The number of hydrogen-bond acceptors (Lipinski definition) is 3. The van der Waals surface area contributed by atoms with Crippen molar-refractivity contribution in [1.82, 2.24) is 5.32 Å². The van der Waals surface area contributed by atoms with E-state index in [0.717, 1.165) is 18.2 Å². The number of amides is 1. The van der Waals surface area contributed by atoms with Crippen LogP contribution in [-0.4, -0.2) is 18.2 Å². The van der Waals surface area contributed by atoms with Gasteiger partial charge in [-0.2, -0.15) is 0 Å². The molecule has 116 valence electrons. The molecule has 21 heavy (non-hydrogen) atoms. The molecule has 1 aliphatic rings. The maximum atomic E-state index is 11.7. The number of rotatable bonds is 5. The van der Waals surface area contributed by atoms with Gasteiger partial charge in [-0.3, -0.25) is 5.32 Å². The van der Waals surface area contributed by atoms with Gasteiger partial charge in [-0.25, -0.2) is 4.79 Å². The molecule has 2 N–H and O–H groups in total. The van der Waals surface area contributed by atoms with Crippen molar-refractivity contribution >= 4 is 11.8 Å². The summed E-state index contributed by atoms with van der Waals surface area (Å²) in [6.07, 6.45) is 2.30. The van der Waals surface area contributed by atoms with Crippen LogP contribution in [0.25, 0.3) is 0 Å². The van der Waals surface area contributed by atoms with Crippen LogP contribution < -0.4 is 10.6 Å². The highest BCUT2D eigenvalue weighted by Gasteiger charge is 2.21. The van der Waals surface area contributed by atoms with Gasteiger partial charge in [0.15, 0.2) is 0 Å². The zero-order valence-corrected chi connectivity index (χ0v) is 13.4. The highest BCUT2D eigenvalue weighted by atomic mass is 16.6. The molecule has 0 spiro atoms. The Morgan fingerprint density at radius 1 is 1.29 bits per heavy atom. The fourth-order valence-electron chi connectivity index (χ4n) is 2.06. The van der Waals surface area contributed by atoms with Gasteiger partial charge in [0, 0.05) is 11.7 Å². The zero-order chi connectivity index (χ0) is 15.5. The SMILES string of the molecule is CC(NCC1CC1)c1ccc(NC(=O)OC(C)(C)C)cc1. The predicted octanol–water partition coefficient (Wildman–Crippen LogP) is 4.09. The van der Waals surface area contributed by atoms with Crippen molar-refractivity contribution in [3.8, 4) is 0 Å². The summed E-state index contributed by atoms with van der Waals surface area (Å²) in [6, 6.07) is 8.23. The van der Waals surface area contributed by atoms with Gasteiger partial charge in [-0.05, 0) is 70.7 Å². The van der Waals surface area contributed by atoms with Crippen LogP contribution in [0.5, 0.6) is 0 Å². The number of nitrogens with one attached hydrogen (secondary N) is 2. The summed E-state index contributed by atoms with van der Waals surface area (Å²) >= 11 is 0. The molecule has 1 aromatic carbocycles. The first-order chi connectivity index (χ1) is 9.83. The summed E-state index contributed by atoms with van der Waals surface area (Å²) in [7, 11) is 0. The topological polar surface area (TPSA) is 50.4 Å². The van der Waals surface area contributed by atoms with Crippen LogP contribution in [0.2, 0.25) is 0 Å². The Kier molecular flexibility index (Phi) is 4.88. The molecular weight excluding hydrogens is 264 g/mol. The number of anilines is 1. The van der Waals surface area contributed by atoms with Crippen LogP contribution in [0.15, 0.2) is 24.3 Å². The van der Waals surface area contributed by atoms with Gasteiger partial charge in [-0.15, -0.1) is 0 Å². The van der Waals surface area contributed by atoms with Gasteiger partial charge in [0.25, 0.3) is 0 Å². The van der Waals surface area contributed by atoms with Gasteiger partial charge in [0.2, 0.25) is 0 Å². The summed E-state index contributed by atoms with van der Waals surface area (Å²) in [5.41, 5.74) is 1.50. The van der Waals surface area contributed by atoms with E-state index in [1.807, 2.05) is 45.0 Å². The van der Waals surface area contributed by atoms with E-state index in [9.17, 15) is 4.79 Å². The van der Waals surface area contributed by atoms with Gasteiger partial charge >= 0.3 is 6.09 Å². The standard InChI is InChI=1S/C17H26N2O2/c1-12(18-11-13-5-6-13)14-7-9-15(10-8-14)19-16(20)21-17(2,3)4/h7-10,12-13,18H,5-6,11H2,1-4H3,(H,19,20). The van der Waals surface area contributed by atoms with Crippen molar-refractivity contribution in [3.05, 3.63) is 29.8 Å². The third-order valence-corrected chi connectivity index (χ3v) is 3.47. The Labute approximate surface area is 127 Å². The Balaban J connectivity index is 1.84. The fraction of sp³-hybridized carbons (Fsp3) is 0.588. The molecule has 0 aliphatic heterocycles. The van der Waals surface area contributed by atoms with E-state index in [-0.39, 0.29) is 0 Å². The fourth-order valence-corrected chi connectivity index (χ4v) is 2.06. The molecule has 4 heteroatoms. The van der Waals surface area contributed by atoms with E-state index in [4.69, 9.17) is 4.74 Å². The normalized spacial score (nSPS) is 16.4. The Bertz CT molecular complexity index is 473. The van der Waals surface area contributed by atoms with Crippen LogP contribution in [0.1, 0.15) is 52.1 Å². The van der Waals surface area contributed by atoms with Crippen molar-refractivity contribution < 1.29 is 9.53 Å². The number of benzene rings is 1. The van der Waals surface area contributed by atoms with Gasteiger partial charge in [0.1, 0.15) is 5.60 Å². The number of ether oxygens (including phenoxy) is 1. The van der Waals surface area contributed by atoms with Crippen LogP contribution >= 0.6 is 0 Å². The Morgan fingerprint density at radius 2 is 1.90 bits per heavy atom. The molecule has 1 atom stereocenters. The molecule has 1 aromatic rings. The van der Waals surface area contributed by atoms with E-state index in [1.54, 1.807) is 0 Å². The van der Waals surface area contributed by atoms with E-state index < -0.39 is 11.7 Å². The van der Waals surface area contributed by atoms with Crippen LogP contribution in [0.3, 0.4) is 0 Å². The van der Waals surface area contributed by atoms with E-state index in [1.165, 1.54) is 18.4 Å². The molecule has 1 saturated carbocycles. The molecule has 1 amide bonds. The summed E-state index contributed by atoms with van der Waals surface area (Å²) in [4.78, 5) is 11.7. The third kappa shape index (κ3) is 5.76. The largest absolute Gasteiger partial charge is 0.444 e. The molecule has 2 rings (SSSR count). The van der Waals surface area contributed by atoms with Crippen LogP contribution in [0, 0.1) is 5.92 Å². The number of carbonyl (C=O) groups is 1. The third-order valence-electron chi connectivity index (χ3n) is 3.47. The summed E-state index contributed by atoms with van der Waals surface area (Å²) < 4.78 is 5.23. The average Bonchev–Trinajstić information content (AvgIpc) is 3.18. The lowest BCUT2D eigenvalue weighted by atomic mass is 10.1. The number of carbonyl (C=O) groups excluding carboxylic acids is 1. The molecule has 0 heterocycles. The first-order valence-corrected chi connectivity index (χ1v) is 7.67. The predicted molar refractivity (Wildman–Crippen MR) is 85.4 cm³/mol. The molecule has 1 aliphatic carbocycles.